The van der Waals surface area contributed by atoms with Crippen LogP contribution in [0.3, 0.4) is 0 Å². The molecule has 1 amide bonds. The molecule has 0 bridgehead atoms. The molecule has 0 atom stereocenters. The average molecular weight is 263 g/mol. The van der Waals surface area contributed by atoms with Gasteiger partial charge in [-0.1, -0.05) is 0 Å². The molecule has 1 aromatic heterocycles. The lowest BCUT2D eigenvalue weighted by Crippen LogP contribution is -2.13. The number of nitrogens with zero attached hydrogens (tertiary/aromatic N) is 1. The molecule has 0 saturated heterocycles. The summed E-state index contributed by atoms with van der Waals surface area (Å²) < 4.78 is 5.54. The number of aromatic nitrogens is 1. The fraction of sp³-hybridized carbons (Fsp3) is 0.167. The van der Waals surface area contributed by atoms with Gasteiger partial charge in [-0.05, 0) is 25.1 Å². The van der Waals surface area contributed by atoms with E-state index in [4.69, 9.17) is 16.2 Å². The van der Waals surface area contributed by atoms with Crippen LogP contribution in [0.5, 0.6) is 5.75 Å². The summed E-state index contributed by atoms with van der Waals surface area (Å²) in [6.07, 6.45) is 0. The van der Waals surface area contributed by atoms with Crippen molar-refractivity contribution in [3.05, 3.63) is 39.8 Å². The molecule has 0 aliphatic heterocycles. The van der Waals surface area contributed by atoms with Gasteiger partial charge >= 0.3 is 0 Å². The number of hydrogen-bond donors (Lipinski definition) is 2. The summed E-state index contributed by atoms with van der Waals surface area (Å²) in [4.78, 5) is 15.5. The van der Waals surface area contributed by atoms with Gasteiger partial charge in [-0.25, -0.2) is 4.98 Å². The number of benzene rings is 1. The monoisotopic (exact) mass is 263 g/mol. The van der Waals surface area contributed by atoms with E-state index in [0.29, 0.717) is 18.0 Å². The first kappa shape index (κ1) is 12.4. The SMILES string of the molecule is Cc1csc(COc2ccc(N)cc2C(N)=O)n1. The minimum Gasteiger partial charge on any atom is -0.486 e. The molecule has 0 aliphatic rings. The molecule has 0 radical (unpaired) electrons. The molecular formula is C12H13N3O2S. The van der Waals surface area contributed by atoms with Crippen LogP contribution in [0.15, 0.2) is 23.6 Å². The summed E-state index contributed by atoms with van der Waals surface area (Å²) in [5, 5.41) is 2.79. The number of ether oxygens (including phenoxy) is 1. The molecule has 2 aromatic rings. The van der Waals surface area contributed by atoms with E-state index >= 15 is 0 Å². The molecule has 2 rings (SSSR count). The molecule has 0 unspecified atom stereocenters. The zero-order chi connectivity index (χ0) is 13.1. The second kappa shape index (κ2) is 5.05. The van der Waals surface area contributed by atoms with Crippen LogP contribution in [0, 0.1) is 6.92 Å². The van der Waals surface area contributed by atoms with Crippen LogP contribution in [-0.4, -0.2) is 10.9 Å². The summed E-state index contributed by atoms with van der Waals surface area (Å²) in [6.45, 7) is 2.22. The molecule has 1 heterocycles. The van der Waals surface area contributed by atoms with Gasteiger partial charge in [0.25, 0.3) is 5.91 Å². The Morgan fingerprint density at radius 3 is 2.89 bits per heavy atom. The fourth-order valence-electron chi connectivity index (χ4n) is 1.47. The highest BCUT2D eigenvalue weighted by Crippen LogP contribution is 2.22. The number of amides is 1. The number of aryl methyl sites for hydroxylation is 1. The molecule has 0 saturated carbocycles. The number of carbonyl (C=O) groups is 1. The smallest absolute Gasteiger partial charge is 0.252 e. The molecular weight excluding hydrogens is 250 g/mol. The maximum Gasteiger partial charge on any atom is 0.252 e. The number of thiazole rings is 1. The van der Waals surface area contributed by atoms with Crippen molar-refractivity contribution in [2.45, 2.75) is 13.5 Å². The zero-order valence-corrected chi connectivity index (χ0v) is 10.7. The highest BCUT2D eigenvalue weighted by Gasteiger charge is 2.10. The highest BCUT2D eigenvalue weighted by molar-refractivity contribution is 7.09. The van der Waals surface area contributed by atoms with Crippen molar-refractivity contribution in [1.29, 1.82) is 0 Å². The van der Waals surface area contributed by atoms with Gasteiger partial charge < -0.3 is 16.2 Å². The largest absolute Gasteiger partial charge is 0.486 e. The van der Waals surface area contributed by atoms with E-state index in [1.165, 1.54) is 17.4 Å². The number of primary amides is 1. The van der Waals surface area contributed by atoms with Gasteiger partial charge in [-0.3, -0.25) is 4.79 Å². The van der Waals surface area contributed by atoms with Crippen LogP contribution in [0.1, 0.15) is 21.1 Å². The predicted octanol–water partition coefficient (Wildman–Crippen LogP) is 1.71. The molecule has 0 fully saturated rings. The number of rotatable bonds is 4. The Balaban J connectivity index is 2.16. The lowest BCUT2D eigenvalue weighted by atomic mass is 10.1. The van der Waals surface area contributed by atoms with Gasteiger partial charge in [0.2, 0.25) is 0 Å². The molecule has 94 valence electrons. The first-order valence-electron chi connectivity index (χ1n) is 5.29. The van der Waals surface area contributed by atoms with Gasteiger partial charge in [0.05, 0.1) is 5.56 Å². The average Bonchev–Trinajstić information content (AvgIpc) is 2.73. The summed E-state index contributed by atoms with van der Waals surface area (Å²) in [5.41, 5.74) is 12.6. The molecule has 0 aliphatic carbocycles. The van der Waals surface area contributed by atoms with Crippen LogP contribution in [0.2, 0.25) is 0 Å². The minimum absolute atomic E-state index is 0.281. The highest BCUT2D eigenvalue weighted by atomic mass is 32.1. The van der Waals surface area contributed by atoms with Crippen LogP contribution < -0.4 is 16.2 Å². The van der Waals surface area contributed by atoms with Gasteiger partial charge in [-0.15, -0.1) is 11.3 Å². The summed E-state index contributed by atoms with van der Waals surface area (Å²) in [6, 6.07) is 4.80. The Labute approximate surface area is 108 Å². The first-order valence-corrected chi connectivity index (χ1v) is 6.17. The van der Waals surface area contributed by atoms with Gasteiger partial charge in [0.15, 0.2) is 0 Å². The van der Waals surface area contributed by atoms with Crippen LogP contribution >= 0.6 is 11.3 Å². The summed E-state index contributed by atoms with van der Waals surface area (Å²) in [7, 11) is 0. The maximum atomic E-state index is 11.3. The molecule has 18 heavy (non-hydrogen) atoms. The fourth-order valence-corrected chi connectivity index (χ4v) is 2.16. The van der Waals surface area contributed by atoms with Crippen molar-refractivity contribution >= 4 is 22.9 Å². The van der Waals surface area contributed by atoms with Crippen LogP contribution in [0.25, 0.3) is 0 Å². The molecule has 4 N–H and O–H groups in total. The van der Waals surface area contributed by atoms with Gasteiger partial charge in [0, 0.05) is 16.8 Å². The van der Waals surface area contributed by atoms with E-state index in [0.717, 1.165) is 10.7 Å². The Morgan fingerprint density at radius 2 is 2.28 bits per heavy atom. The summed E-state index contributed by atoms with van der Waals surface area (Å²) >= 11 is 1.51. The zero-order valence-electron chi connectivity index (χ0n) is 9.84. The normalized spacial score (nSPS) is 10.3. The Morgan fingerprint density at radius 1 is 1.50 bits per heavy atom. The van der Waals surface area contributed by atoms with E-state index in [2.05, 4.69) is 4.98 Å². The molecule has 6 heteroatoms. The lowest BCUT2D eigenvalue weighted by molar-refractivity contribution is 0.0996. The van der Waals surface area contributed by atoms with Crippen molar-refractivity contribution in [3.8, 4) is 5.75 Å². The van der Waals surface area contributed by atoms with Crippen LogP contribution in [-0.2, 0) is 6.61 Å². The third-order valence-corrected chi connectivity index (χ3v) is 3.23. The predicted molar refractivity (Wildman–Crippen MR) is 70.6 cm³/mol. The third-order valence-electron chi connectivity index (χ3n) is 2.29. The van der Waals surface area contributed by atoms with E-state index in [1.807, 2.05) is 12.3 Å². The van der Waals surface area contributed by atoms with Crippen LogP contribution in [0.4, 0.5) is 5.69 Å². The third kappa shape index (κ3) is 2.78. The number of hydrogen-bond acceptors (Lipinski definition) is 5. The first-order chi connectivity index (χ1) is 8.56. The number of anilines is 1. The topological polar surface area (TPSA) is 91.2 Å². The minimum atomic E-state index is -0.562. The Kier molecular flexibility index (Phi) is 3.47. The van der Waals surface area contributed by atoms with Crippen molar-refractivity contribution in [3.63, 3.8) is 0 Å². The van der Waals surface area contributed by atoms with Crippen molar-refractivity contribution in [2.75, 3.05) is 5.73 Å². The Bertz CT molecular complexity index is 580. The lowest BCUT2D eigenvalue weighted by Gasteiger charge is -2.08. The van der Waals surface area contributed by atoms with E-state index < -0.39 is 5.91 Å². The number of nitrogen functional groups attached to an aromatic ring is 1. The van der Waals surface area contributed by atoms with E-state index in [9.17, 15) is 4.79 Å². The second-order valence-corrected chi connectivity index (χ2v) is 4.73. The number of nitrogens with two attached hydrogens (primary N) is 2. The quantitative estimate of drug-likeness (QED) is 0.821. The van der Waals surface area contributed by atoms with E-state index in [1.54, 1.807) is 12.1 Å². The summed E-state index contributed by atoms with van der Waals surface area (Å²) in [5.74, 6) is -0.142. The standard InChI is InChI=1S/C12H13N3O2S/c1-7-6-18-11(15-7)5-17-10-3-2-8(13)4-9(10)12(14)16/h2-4,6H,5,13H2,1H3,(H2,14,16). The molecule has 5 nitrogen and oxygen atoms in total. The maximum absolute atomic E-state index is 11.3. The molecule has 0 spiro atoms. The van der Waals surface area contributed by atoms with Crippen molar-refractivity contribution in [1.82, 2.24) is 4.98 Å². The van der Waals surface area contributed by atoms with Gasteiger partial charge in [0.1, 0.15) is 17.4 Å². The van der Waals surface area contributed by atoms with Gasteiger partial charge in [-0.2, -0.15) is 0 Å². The Hall–Kier alpha value is -2.08. The van der Waals surface area contributed by atoms with E-state index in [-0.39, 0.29) is 5.56 Å². The van der Waals surface area contributed by atoms with Crippen molar-refractivity contribution < 1.29 is 9.53 Å². The van der Waals surface area contributed by atoms with Crippen molar-refractivity contribution in [2.24, 2.45) is 5.73 Å². The number of carbonyl (C=O) groups excluding carboxylic acids is 1. The molecule has 1 aromatic carbocycles. The second-order valence-electron chi connectivity index (χ2n) is 3.79.